The third-order valence-corrected chi connectivity index (χ3v) is 7.62. The van der Waals surface area contributed by atoms with Gasteiger partial charge in [-0.05, 0) is 41.0 Å². The summed E-state index contributed by atoms with van der Waals surface area (Å²) in [7, 11) is -1.93. The summed E-state index contributed by atoms with van der Waals surface area (Å²) >= 11 is 0. The molecule has 1 heterocycles. The lowest BCUT2D eigenvalue weighted by molar-refractivity contribution is -0.121. The van der Waals surface area contributed by atoms with Crippen molar-refractivity contribution in [1.29, 1.82) is 0 Å². The van der Waals surface area contributed by atoms with E-state index in [0.717, 1.165) is 21.9 Å². The molecule has 1 aliphatic heterocycles. The molecule has 0 aromatic heterocycles. The first-order valence-electron chi connectivity index (χ1n) is 11.0. The minimum Gasteiger partial charge on any atom is -0.496 e. The van der Waals surface area contributed by atoms with Gasteiger partial charge in [0, 0.05) is 25.1 Å². The van der Waals surface area contributed by atoms with Crippen LogP contribution in [-0.4, -0.2) is 58.3 Å². The van der Waals surface area contributed by atoms with Crippen LogP contribution in [0.5, 0.6) is 5.75 Å². The van der Waals surface area contributed by atoms with Gasteiger partial charge in [-0.25, -0.2) is 13.8 Å². The molecule has 0 bridgehead atoms. The number of aryl methyl sites for hydroxylation is 1. The second-order valence-electron chi connectivity index (χ2n) is 7.86. The van der Waals surface area contributed by atoms with E-state index < -0.39 is 10.0 Å². The van der Waals surface area contributed by atoms with E-state index in [9.17, 15) is 13.2 Å². The van der Waals surface area contributed by atoms with Gasteiger partial charge in [-0.2, -0.15) is 9.41 Å². The number of ether oxygens (including phenoxy) is 2. The number of rotatable bonds is 8. The van der Waals surface area contributed by atoms with E-state index in [4.69, 9.17) is 9.47 Å². The maximum Gasteiger partial charge on any atom is 0.243 e. The van der Waals surface area contributed by atoms with Crippen molar-refractivity contribution >= 4 is 32.9 Å². The van der Waals surface area contributed by atoms with Gasteiger partial charge in [-0.3, -0.25) is 4.79 Å². The molecule has 0 aliphatic carbocycles. The molecule has 34 heavy (non-hydrogen) atoms. The molecular weight excluding hydrogens is 454 g/mol. The zero-order valence-corrected chi connectivity index (χ0v) is 19.8. The normalized spacial score (nSPS) is 15.0. The Morgan fingerprint density at radius 3 is 2.56 bits per heavy atom. The molecule has 8 nitrogen and oxygen atoms in total. The summed E-state index contributed by atoms with van der Waals surface area (Å²) < 4.78 is 37.5. The maximum atomic E-state index is 12.7. The summed E-state index contributed by atoms with van der Waals surface area (Å²) in [6, 6.07) is 18.4. The Morgan fingerprint density at radius 2 is 1.82 bits per heavy atom. The lowest BCUT2D eigenvalue weighted by Crippen LogP contribution is -2.40. The van der Waals surface area contributed by atoms with E-state index in [1.807, 2.05) is 36.4 Å². The van der Waals surface area contributed by atoms with Gasteiger partial charge in [0.1, 0.15) is 5.75 Å². The predicted octanol–water partition coefficient (Wildman–Crippen LogP) is 2.95. The Labute approximate surface area is 199 Å². The van der Waals surface area contributed by atoms with Crippen molar-refractivity contribution in [2.75, 3.05) is 33.4 Å². The monoisotopic (exact) mass is 481 g/mol. The summed E-state index contributed by atoms with van der Waals surface area (Å²) in [6.45, 7) is 1.52. The van der Waals surface area contributed by atoms with E-state index in [0.29, 0.717) is 38.5 Å². The van der Waals surface area contributed by atoms with Gasteiger partial charge in [0.05, 0.1) is 31.4 Å². The number of morpholine rings is 1. The van der Waals surface area contributed by atoms with Crippen molar-refractivity contribution < 1.29 is 22.7 Å². The number of nitrogens with zero attached hydrogens (tertiary/aromatic N) is 2. The summed E-state index contributed by atoms with van der Waals surface area (Å²) in [5.41, 5.74) is 4.22. The summed E-state index contributed by atoms with van der Waals surface area (Å²) in [5.74, 6) is 0.435. The Hall–Kier alpha value is -3.27. The number of amides is 1. The molecule has 1 aliphatic rings. The van der Waals surface area contributed by atoms with Gasteiger partial charge in [-0.15, -0.1) is 0 Å². The zero-order valence-electron chi connectivity index (χ0n) is 18.9. The molecule has 1 N–H and O–H groups in total. The topological polar surface area (TPSA) is 97.3 Å². The van der Waals surface area contributed by atoms with Crippen LogP contribution in [0.4, 0.5) is 0 Å². The van der Waals surface area contributed by atoms with E-state index >= 15 is 0 Å². The number of hydrogen-bond donors (Lipinski definition) is 1. The SMILES string of the molecule is COc1ccc2ccccc2c1C=NNC(=O)CCc1ccc(S(=O)(=O)N2CCOCC2)cc1. The van der Waals surface area contributed by atoms with Crippen LogP contribution in [-0.2, 0) is 26.0 Å². The van der Waals surface area contributed by atoms with Gasteiger partial charge in [0.2, 0.25) is 15.9 Å². The van der Waals surface area contributed by atoms with Crippen LogP contribution < -0.4 is 10.2 Å². The highest BCUT2D eigenvalue weighted by Gasteiger charge is 2.26. The number of hydrogen-bond acceptors (Lipinski definition) is 6. The van der Waals surface area contributed by atoms with Crippen molar-refractivity contribution in [3.8, 4) is 5.75 Å². The average Bonchev–Trinajstić information content (AvgIpc) is 2.88. The maximum absolute atomic E-state index is 12.7. The number of methoxy groups -OCH3 is 1. The van der Waals surface area contributed by atoms with Gasteiger partial charge < -0.3 is 9.47 Å². The number of carbonyl (C=O) groups excluding carboxylic acids is 1. The first kappa shape index (κ1) is 23.9. The van der Waals surface area contributed by atoms with Gasteiger partial charge in [0.15, 0.2) is 0 Å². The molecular formula is C25H27N3O5S. The van der Waals surface area contributed by atoms with Crippen LogP contribution in [0.3, 0.4) is 0 Å². The van der Waals surface area contributed by atoms with Crippen molar-refractivity contribution in [1.82, 2.24) is 9.73 Å². The van der Waals surface area contributed by atoms with Crippen LogP contribution in [0.15, 0.2) is 70.7 Å². The molecule has 0 spiro atoms. The Bertz CT molecular complexity index is 1280. The molecule has 1 saturated heterocycles. The third-order valence-electron chi connectivity index (χ3n) is 5.71. The Morgan fingerprint density at radius 1 is 1.09 bits per heavy atom. The van der Waals surface area contributed by atoms with Crippen molar-refractivity contribution in [3.63, 3.8) is 0 Å². The second kappa shape index (κ2) is 10.8. The molecule has 9 heteroatoms. The van der Waals surface area contributed by atoms with Crippen molar-refractivity contribution in [3.05, 3.63) is 71.8 Å². The Balaban J connectivity index is 1.34. The van der Waals surface area contributed by atoms with E-state index in [1.165, 1.54) is 4.31 Å². The fourth-order valence-electron chi connectivity index (χ4n) is 3.83. The lowest BCUT2D eigenvalue weighted by Gasteiger charge is -2.26. The molecule has 3 aromatic rings. The molecule has 0 unspecified atom stereocenters. The zero-order chi connectivity index (χ0) is 24.0. The minimum atomic E-state index is -3.53. The molecule has 0 saturated carbocycles. The molecule has 0 radical (unpaired) electrons. The van der Waals surface area contributed by atoms with E-state index in [1.54, 1.807) is 37.6 Å². The number of sulfonamides is 1. The molecule has 3 aromatic carbocycles. The number of fused-ring (bicyclic) bond motifs is 1. The summed E-state index contributed by atoms with van der Waals surface area (Å²) in [6.07, 6.45) is 2.28. The van der Waals surface area contributed by atoms with Gasteiger partial charge >= 0.3 is 0 Å². The Kier molecular flexibility index (Phi) is 7.56. The number of carbonyl (C=O) groups is 1. The highest BCUT2D eigenvalue weighted by molar-refractivity contribution is 7.89. The summed E-state index contributed by atoms with van der Waals surface area (Å²) in [5, 5.41) is 6.14. The average molecular weight is 482 g/mol. The predicted molar refractivity (Wildman–Crippen MR) is 131 cm³/mol. The number of benzene rings is 3. The summed E-state index contributed by atoms with van der Waals surface area (Å²) in [4.78, 5) is 12.5. The largest absolute Gasteiger partial charge is 0.496 e. The van der Waals surface area contributed by atoms with Crippen molar-refractivity contribution in [2.45, 2.75) is 17.7 Å². The van der Waals surface area contributed by atoms with Crippen LogP contribution in [0.2, 0.25) is 0 Å². The van der Waals surface area contributed by atoms with Crippen LogP contribution in [0.1, 0.15) is 17.5 Å². The lowest BCUT2D eigenvalue weighted by atomic mass is 10.0. The molecule has 4 rings (SSSR count). The van der Waals surface area contributed by atoms with Crippen molar-refractivity contribution in [2.24, 2.45) is 5.10 Å². The second-order valence-corrected chi connectivity index (χ2v) is 9.79. The van der Waals surface area contributed by atoms with Gasteiger partial charge in [-0.1, -0.05) is 42.5 Å². The standard InChI is InChI=1S/C25H27N3O5S/c1-32-24-12-9-20-4-2-3-5-22(20)23(24)18-26-27-25(29)13-8-19-6-10-21(11-7-19)34(30,31)28-14-16-33-17-15-28/h2-7,9-12,18H,8,13-17H2,1H3,(H,27,29). The van der Waals surface area contributed by atoms with Crippen LogP contribution >= 0.6 is 0 Å². The fourth-order valence-corrected chi connectivity index (χ4v) is 5.24. The van der Waals surface area contributed by atoms with Gasteiger partial charge in [0.25, 0.3) is 0 Å². The van der Waals surface area contributed by atoms with E-state index in [2.05, 4.69) is 10.5 Å². The van der Waals surface area contributed by atoms with E-state index in [-0.39, 0.29) is 17.2 Å². The first-order chi connectivity index (χ1) is 16.5. The molecule has 0 atom stereocenters. The third kappa shape index (κ3) is 5.44. The van der Waals surface area contributed by atoms with Crippen LogP contribution in [0, 0.1) is 0 Å². The molecule has 178 valence electrons. The molecule has 1 fully saturated rings. The number of nitrogens with one attached hydrogen (secondary N) is 1. The van der Waals surface area contributed by atoms with Crippen LogP contribution in [0.25, 0.3) is 10.8 Å². The number of hydrazone groups is 1. The highest BCUT2D eigenvalue weighted by Crippen LogP contribution is 2.26. The quantitative estimate of drug-likeness (QED) is 0.394. The fraction of sp³-hybridized carbons (Fsp3) is 0.280. The highest BCUT2D eigenvalue weighted by atomic mass is 32.2. The smallest absolute Gasteiger partial charge is 0.243 e. The molecule has 1 amide bonds. The minimum absolute atomic E-state index is 0.222. The first-order valence-corrected chi connectivity index (χ1v) is 12.5.